The molecule has 1 N–H and O–H groups in total. The predicted molar refractivity (Wildman–Crippen MR) is 66.9 cm³/mol. The first-order chi connectivity index (χ1) is 7.79. The molecule has 1 aliphatic heterocycles. The molecule has 90 valence electrons. The molecule has 1 saturated heterocycles. The molecule has 1 aliphatic rings. The molecular formula is C12H20N2OS. The van der Waals surface area contributed by atoms with Crippen LogP contribution in [0.2, 0.25) is 0 Å². The first-order valence-electron chi connectivity index (χ1n) is 6.01. The molecule has 0 aliphatic carbocycles. The van der Waals surface area contributed by atoms with E-state index < -0.39 is 0 Å². The van der Waals surface area contributed by atoms with Gasteiger partial charge < -0.3 is 10.1 Å². The molecule has 0 bridgehead atoms. The van der Waals surface area contributed by atoms with Gasteiger partial charge in [0.2, 0.25) is 0 Å². The number of aryl methyl sites for hydroxylation is 1. The second-order valence-corrected chi connectivity index (χ2v) is 5.41. The number of aromatic nitrogens is 1. The Balaban J connectivity index is 1.95. The summed E-state index contributed by atoms with van der Waals surface area (Å²) >= 11 is 1.74. The van der Waals surface area contributed by atoms with Crippen molar-refractivity contribution in [3.05, 3.63) is 16.1 Å². The van der Waals surface area contributed by atoms with Gasteiger partial charge in [-0.05, 0) is 26.3 Å². The van der Waals surface area contributed by atoms with E-state index in [0.717, 1.165) is 37.6 Å². The lowest BCUT2D eigenvalue weighted by Crippen LogP contribution is -2.43. The van der Waals surface area contributed by atoms with Gasteiger partial charge in [0.05, 0.1) is 17.3 Å². The van der Waals surface area contributed by atoms with Gasteiger partial charge in [-0.3, -0.25) is 0 Å². The van der Waals surface area contributed by atoms with Crippen LogP contribution in [0, 0.1) is 12.8 Å². The molecule has 1 fully saturated rings. The molecule has 2 unspecified atom stereocenters. The lowest BCUT2D eigenvalue weighted by Gasteiger charge is -2.31. The maximum Gasteiger partial charge on any atom is 0.0897 e. The van der Waals surface area contributed by atoms with Gasteiger partial charge in [-0.2, -0.15) is 0 Å². The standard InChI is InChI=1S/C12H20N2OS/c1-3-13-12-4-5-15-7-10(12)6-11-8-16-9(2)14-11/h8,10,12-13H,3-7H2,1-2H3. The Kier molecular flexibility index (Phi) is 4.32. The molecule has 0 spiro atoms. The van der Waals surface area contributed by atoms with Crippen LogP contribution in [0.15, 0.2) is 5.38 Å². The van der Waals surface area contributed by atoms with Crippen molar-refractivity contribution in [2.45, 2.75) is 32.7 Å². The van der Waals surface area contributed by atoms with Crippen molar-refractivity contribution in [1.82, 2.24) is 10.3 Å². The maximum atomic E-state index is 5.57. The summed E-state index contributed by atoms with van der Waals surface area (Å²) in [6.45, 7) is 7.03. The first-order valence-corrected chi connectivity index (χ1v) is 6.89. The van der Waals surface area contributed by atoms with E-state index in [0.29, 0.717) is 12.0 Å². The molecular weight excluding hydrogens is 220 g/mol. The van der Waals surface area contributed by atoms with Crippen LogP contribution in [0.25, 0.3) is 0 Å². The molecule has 0 saturated carbocycles. The van der Waals surface area contributed by atoms with Crippen molar-refractivity contribution in [2.75, 3.05) is 19.8 Å². The predicted octanol–water partition coefficient (Wildman–Crippen LogP) is 2.01. The highest BCUT2D eigenvalue weighted by Gasteiger charge is 2.25. The fraction of sp³-hybridized carbons (Fsp3) is 0.750. The fourth-order valence-electron chi connectivity index (χ4n) is 2.30. The summed E-state index contributed by atoms with van der Waals surface area (Å²) in [4.78, 5) is 4.53. The average Bonchev–Trinajstić information content (AvgIpc) is 2.67. The van der Waals surface area contributed by atoms with E-state index in [9.17, 15) is 0 Å². The van der Waals surface area contributed by atoms with E-state index in [4.69, 9.17) is 4.74 Å². The molecule has 0 amide bonds. The second kappa shape index (κ2) is 5.75. The molecule has 1 aromatic rings. The first kappa shape index (κ1) is 12.0. The van der Waals surface area contributed by atoms with Crippen molar-refractivity contribution in [3.8, 4) is 0 Å². The minimum Gasteiger partial charge on any atom is -0.381 e. The minimum atomic E-state index is 0.579. The zero-order valence-corrected chi connectivity index (χ0v) is 10.8. The molecule has 16 heavy (non-hydrogen) atoms. The van der Waals surface area contributed by atoms with Crippen molar-refractivity contribution >= 4 is 11.3 Å². The number of thiazole rings is 1. The van der Waals surface area contributed by atoms with E-state index in [1.807, 2.05) is 0 Å². The van der Waals surface area contributed by atoms with Gasteiger partial charge in [0.15, 0.2) is 0 Å². The van der Waals surface area contributed by atoms with Crippen LogP contribution in [0.1, 0.15) is 24.0 Å². The smallest absolute Gasteiger partial charge is 0.0897 e. The Morgan fingerprint density at radius 1 is 1.62 bits per heavy atom. The average molecular weight is 240 g/mol. The Morgan fingerprint density at radius 2 is 2.50 bits per heavy atom. The normalized spacial score (nSPS) is 25.9. The molecule has 2 heterocycles. The van der Waals surface area contributed by atoms with E-state index in [-0.39, 0.29) is 0 Å². The monoisotopic (exact) mass is 240 g/mol. The highest BCUT2D eigenvalue weighted by Crippen LogP contribution is 2.20. The molecule has 4 heteroatoms. The fourth-order valence-corrected chi connectivity index (χ4v) is 2.93. The molecule has 2 rings (SSSR count). The number of rotatable bonds is 4. The molecule has 3 nitrogen and oxygen atoms in total. The lowest BCUT2D eigenvalue weighted by molar-refractivity contribution is 0.0323. The summed E-state index contributed by atoms with van der Waals surface area (Å²) in [5.74, 6) is 0.579. The molecule has 1 aromatic heterocycles. The van der Waals surface area contributed by atoms with Crippen LogP contribution in [0.3, 0.4) is 0 Å². The van der Waals surface area contributed by atoms with E-state index in [1.165, 1.54) is 5.69 Å². The van der Waals surface area contributed by atoms with Gasteiger partial charge in [0, 0.05) is 23.9 Å². The largest absolute Gasteiger partial charge is 0.381 e. The lowest BCUT2D eigenvalue weighted by atomic mass is 9.91. The SMILES string of the molecule is CCNC1CCOCC1Cc1csc(C)n1. The summed E-state index contributed by atoms with van der Waals surface area (Å²) in [7, 11) is 0. The Hall–Kier alpha value is -0.450. The summed E-state index contributed by atoms with van der Waals surface area (Å²) in [5.41, 5.74) is 1.22. The Morgan fingerprint density at radius 3 is 3.19 bits per heavy atom. The van der Waals surface area contributed by atoms with E-state index in [2.05, 4.69) is 29.5 Å². The molecule has 0 radical (unpaired) electrons. The van der Waals surface area contributed by atoms with Crippen LogP contribution in [-0.4, -0.2) is 30.8 Å². The minimum absolute atomic E-state index is 0.579. The van der Waals surface area contributed by atoms with Crippen molar-refractivity contribution in [2.24, 2.45) is 5.92 Å². The third-order valence-corrected chi connectivity index (χ3v) is 3.90. The number of hydrogen-bond acceptors (Lipinski definition) is 4. The van der Waals surface area contributed by atoms with Gasteiger partial charge in [0.25, 0.3) is 0 Å². The van der Waals surface area contributed by atoms with Gasteiger partial charge in [-0.1, -0.05) is 6.92 Å². The van der Waals surface area contributed by atoms with Crippen LogP contribution in [-0.2, 0) is 11.2 Å². The summed E-state index contributed by atoms with van der Waals surface area (Å²) in [5, 5.41) is 6.89. The number of hydrogen-bond donors (Lipinski definition) is 1. The van der Waals surface area contributed by atoms with Gasteiger partial charge >= 0.3 is 0 Å². The van der Waals surface area contributed by atoms with Gasteiger partial charge in [0.1, 0.15) is 0 Å². The zero-order chi connectivity index (χ0) is 11.4. The van der Waals surface area contributed by atoms with E-state index >= 15 is 0 Å². The maximum absolute atomic E-state index is 5.57. The van der Waals surface area contributed by atoms with Crippen molar-refractivity contribution in [1.29, 1.82) is 0 Å². The molecule has 2 atom stereocenters. The van der Waals surface area contributed by atoms with Crippen LogP contribution >= 0.6 is 11.3 Å². The second-order valence-electron chi connectivity index (χ2n) is 4.35. The highest BCUT2D eigenvalue weighted by molar-refractivity contribution is 7.09. The number of nitrogens with one attached hydrogen (secondary N) is 1. The highest BCUT2D eigenvalue weighted by atomic mass is 32.1. The summed E-state index contributed by atoms with van der Waals surface area (Å²) in [6, 6.07) is 0.598. The Labute approximate surface area is 101 Å². The topological polar surface area (TPSA) is 34.1 Å². The summed E-state index contributed by atoms with van der Waals surface area (Å²) < 4.78 is 5.57. The third kappa shape index (κ3) is 3.03. The van der Waals surface area contributed by atoms with Crippen LogP contribution < -0.4 is 5.32 Å². The zero-order valence-electron chi connectivity index (χ0n) is 10.0. The van der Waals surface area contributed by atoms with Crippen LogP contribution in [0.4, 0.5) is 0 Å². The van der Waals surface area contributed by atoms with Gasteiger partial charge in [-0.25, -0.2) is 4.98 Å². The number of nitrogens with zero attached hydrogens (tertiary/aromatic N) is 1. The van der Waals surface area contributed by atoms with Crippen molar-refractivity contribution in [3.63, 3.8) is 0 Å². The quantitative estimate of drug-likeness (QED) is 0.874. The van der Waals surface area contributed by atoms with E-state index in [1.54, 1.807) is 11.3 Å². The van der Waals surface area contributed by atoms with Crippen LogP contribution in [0.5, 0.6) is 0 Å². The molecule has 0 aromatic carbocycles. The third-order valence-electron chi connectivity index (χ3n) is 3.08. The summed E-state index contributed by atoms with van der Waals surface area (Å²) in [6.07, 6.45) is 2.17. The number of ether oxygens (including phenoxy) is 1. The Bertz CT molecular complexity index is 325. The van der Waals surface area contributed by atoms with Gasteiger partial charge in [-0.15, -0.1) is 11.3 Å². The van der Waals surface area contributed by atoms with Crippen molar-refractivity contribution < 1.29 is 4.74 Å².